The minimum Gasteiger partial charge on any atom is -0.463 e. The molecule has 0 radical (unpaired) electrons. The van der Waals surface area contributed by atoms with Gasteiger partial charge in [0, 0.05) is 19.4 Å². The van der Waals surface area contributed by atoms with Gasteiger partial charge in [0.25, 0.3) is 0 Å². The molecule has 3 N–H and O–H groups in total. The highest BCUT2D eigenvalue weighted by Gasteiger charge is 2.23. The fraction of sp³-hybridized carbons (Fsp3) is 0.778. The van der Waals surface area contributed by atoms with E-state index in [1.165, 1.54) is 51.4 Å². The molecule has 0 saturated carbocycles. The number of phosphoric ester groups is 1. The number of unbranched alkanes of at least 4 members (excludes halogenated alkanes) is 14. The Bertz CT molecular complexity index is 861. The summed E-state index contributed by atoms with van der Waals surface area (Å²) >= 11 is 0. The van der Waals surface area contributed by atoms with E-state index in [1.54, 1.807) is 0 Å². The van der Waals surface area contributed by atoms with Gasteiger partial charge in [-0.05, 0) is 51.4 Å². The van der Waals surface area contributed by atoms with Crippen LogP contribution in [-0.2, 0) is 27.9 Å². The van der Waals surface area contributed by atoms with Crippen molar-refractivity contribution < 1.29 is 37.9 Å². The van der Waals surface area contributed by atoms with Crippen LogP contribution in [-0.4, -0.2) is 54.3 Å². The zero-order chi connectivity index (χ0) is 34.0. The average molecular weight is 672 g/mol. The Morgan fingerprint density at radius 1 is 0.674 bits per heavy atom. The largest absolute Gasteiger partial charge is 0.472 e. The van der Waals surface area contributed by atoms with Crippen LogP contribution in [0.4, 0.5) is 0 Å². The number of aliphatic hydroxyl groups excluding tert-OH is 1. The van der Waals surface area contributed by atoms with Gasteiger partial charge in [0.05, 0.1) is 13.2 Å². The molecule has 0 aliphatic rings. The van der Waals surface area contributed by atoms with Crippen LogP contribution in [0.25, 0.3) is 0 Å². The van der Waals surface area contributed by atoms with Crippen LogP contribution in [0.2, 0.25) is 0 Å². The normalized spacial score (nSPS) is 13.9. The minimum atomic E-state index is -4.40. The number of nitrogens with one attached hydrogen (secondary N) is 1. The van der Waals surface area contributed by atoms with Crippen LogP contribution in [0.1, 0.15) is 149 Å². The molecular weight excluding hydrogens is 605 g/mol. The number of rotatable bonds is 33. The number of ether oxygens (including phenoxy) is 1. The van der Waals surface area contributed by atoms with E-state index in [0.29, 0.717) is 6.42 Å². The number of phosphoric acid groups is 1. The standard InChI is InChI=1S/C36H66NO8P/c1-3-5-7-9-11-12-13-14-15-16-17-18-19-20-21-22-23-24-26-28-35(39)37-30-31-44-46(41,42)45-33-34(38)32-43-36(40)29-27-25-10-8-6-4-2/h11-12,14-15,17-18,34,38H,3-10,13,16,19-33H2,1-2H3,(H,37,39)(H,41,42)/b12-11-,15-14-,18-17-. The molecule has 0 fully saturated rings. The second kappa shape index (κ2) is 33.1. The fourth-order valence-electron chi connectivity index (χ4n) is 4.56. The Hall–Kier alpha value is -1.77. The van der Waals surface area contributed by atoms with Gasteiger partial charge >= 0.3 is 13.8 Å². The van der Waals surface area contributed by atoms with Crippen molar-refractivity contribution in [2.45, 2.75) is 155 Å². The van der Waals surface area contributed by atoms with E-state index in [0.717, 1.165) is 70.6 Å². The molecule has 9 nitrogen and oxygen atoms in total. The zero-order valence-electron chi connectivity index (χ0n) is 29.0. The first-order valence-electron chi connectivity index (χ1n) is 18.0. The van der Waals surface area contributed by atoms with E-state index in [-0.39, 0.29) is 32.1 Å². The van der Waals surface area contributed by atoms with Gasteiger partial charge in [-0.3, -0.25) is 18.6 Å². The number of hydrogen-bond donors (Lipinski definition) is 3. The zero-order valence-corrected chi connectivity index (χ0v) is 29.9. The van der Waals surface area contributed by atoms with E-state index in [9.17, 15) is 24.2 Å². The van der Waals surface area contributed by atoms with Crippen molar-refractivity contribution in [1.82, 2.24) is 5.32 Å². The second-order valence-electron chi connectivity index (χ2n) is 11.8. The first-order chi connectivity index (χ1) is 22.3. The van der Waals surface area contributed by atoms with E-state index in [4.69, 9.17) is 13.8 Å². The fourth-order valence-corrected chi connectivity index (χ4v) is 5.32. The molecule has 0 aromatic rings. The van der Waals surface area contributed by atoms with Gasteiger partial charge in [-0.2, -0.15) is 0 Å². The van der Waals surface area contributed by atoms with Crippen LogP contribution in [0.3, 0.4) is 0 Å². The summed E-state index contributed by atoms with van der Waals surface area (Å²) < 4.78 is 26.6. The van der Waals surface area contributed by atoms with Crippen molar-refractivity contribution in [3.8, 4) is 0 Å². The summed E-state index contributed by atoms with van der Waals surface area (Å²) in [5, 5.41) is 12.5. The summed E-state index contributed by atoms with van der Waals surface area (Å²) in [5.41, 5.74) is 0. The molecule has 46 heavy (non-hydrogen) atoms. The molecule has 10 heteroatoms. The molecule has 0 saturated heterocycles. The lowest BCUT2D eigenvalue weighted by Gasteiger charge is -2.15. The summed E-state index contributed by atoms with van der Waals surface area (Å²) in [5.74, 6) is -0.541. The maximum Gasteiger partial charge on any atom is 0.472 e. The third kappa shape index (κ3) is 33.6. The third-order valence-electron chi connectivity index (χ3n) is 7.32. The molecule has 0 spiro atoms. The SMILES string of the molecule is CCCCC/C=C\C/C=C\C/C=C\CCCCCCCCC(=O)NCCOP(=O)(O)OCC(O)COC(=O)CCCCCCCC. The molecule has 0 aliphatic carbocycles. The van der Waals surface area contributed by atoms with Crippen LogP contribution in [0.5, 0.6) is 0 Å². The predicted octanol–water partition coefficient (Wildman–Crippen LogP) is 9.04. The lowest BCUT2D eigenvalue weighted by Crippen LogP contribution is -2.27. The van der Waals surface area contributed by atoms with Crippen LogP contribution in [0, 0.1) is 0 Å². The Kier molecular flexibility index (Phi) is 31.9. The molecule has 0 aromatic heterocycles. The van der Waals surface area contributed by atoms with Gasteiger partial charge in [0.1, 0.15) is 12.7 Å². The Morgan fingerprint density at radius 2 is 1.17 bits per heavy atom. The molecule has 1 amide bonds. The summed E-state index contributed by atoms with van der Waals surface area (Å²) in [6.45, 7) is 3.41. The van der Waals surface area contributed by atoms with Crippen LogP contribution in [0.15, 0.2) is 36.5 Å². The van der Waals surface area contributed by atoms with Crippen molar-refractivity contribution in [3.63, 3.8) is 0 Å². The average Bonchev–Trinajstić information content (AvgIpc) is 3.04. The second-order valence-corrected chi connectivity index (χ2v) is 13.3. The number of carbonyl (C=O) groups excluding carboxylic acids is 2. The number of aliphatic hydroxyl groups is 1. The van der Waals surface area contributed by atoms with E-state index in [1.807, 2.05) is 0 Å². The molecule has 0 bridgehead atoms. The monoisotopic (exact) mass is 671 g/mol. The van der Waals surface area contributed by atoms with Crippen molar-refractivity contribution in [2.24, 2.45) is 0 Å². The van der Waals surface area contributed by atoms with Gasteiger partial charge in [0.15, 0.2) is 0 Å². The summed E-state index contributed by atoms with van der Waals surface area (Å²) in [6, 6.07) is 0. The van der Waals surface area contributed by atoms with E-state index < -0.39 is 26.5 Å². The van der Waals surface area contributed by atoms with Crippen LogP contribution >= 0.6 is 7.82 Å². The van der Waals surface area contributed by atoms with Crippen molar-refractivity contribution >= 4 is 19.7 Å². The summed E-state index contributed by atoms with van der Waals surface area (Å²) in [4.78, 5) is 33.5. The van der Waals surface area contributed by atoms with Gasteiger partial charge in [-0.1, -0.05) is 121 Å². The number of amides is 1. The smallest absolute Gasteiger partial charge is 0.463 e. The lowest BCUT2D eigenvalue weighted by atomic mass is 10.1. The highest BCUT2D eigenvalue weighted by atomic mass is 31.2. The molecular formula is C36H66NO8P. The maximum atomic E-state index is 12.0. The van der Waals surface area contributed by atoms with Gasteiger partial charge in [0.2, 0.25) is 5.91 Å². The molecule has 2 atom stereocenters. The maximum absolute atomic E-state index is 12.0. The molecule has 0 aromatic carbocycles. The lowest BCUT2D eigenvalue weighted by molar-refractivity contribution is -0.147. The Labute approximate surface area is 280 Å². The summed E-state index contributed by atoms with van der Waals surface area (Å²) in [7, 11) is -4.40. The highest BCUT2D eigenvalue weighted by molar-refractivity contribution is 7.47. The van der Waals surface area contributed by atoms with Gasteiger partial charge in [-0.25, -0.2) is 4.57 Å². The topological polar surface area (TPSA) is 131 Å². The van der Waals surface area contributed by atoms with Crippen molar-refractivity contribution in [1.29, 1.82) is 0 Å². The molecule has 2 unspecified atom stereocenters. The quantitative estimate of drug-likeness (QED) is 0.0273. The Balaban J connectivity index is 3.63. The number of carbonyl (C=O) groups is 2. The van der Waals surface area contributed by atoms with Crippen LogP contribution < -0.4 is 5.32 Å². The van der Waals surface area contributed by atoms with E-state index >= 15 is 0 Å². The minimum absolute atomic E-state index is 0.0742. The highest BCUT2D eigenvalue weighted by Crippen LogP contribution is 2.42. The third-order valence-corrected chi connectivity index (χ3v) is 8.31. The number of hydrogen-bond acceptors (Lipinski definition) is 7. The number of allylic oxidation sites excluding steroid dienone is 6. The predicted molar refractivity (Wildman–Crippen MR) is 187 cm³/mol. The molecule has 0 heterocycles. The van der Waals surface area contributed by atoms with Gasteiger partial charge in [-0.15, -0.1) is 0 Å². The first-order valence-corrected chi connectivity index (χ1v) is 19.5. The summed E-state index contributed by atoms with van der Waals surface area (Å²) in [6.07, 6.45) is 33.9. The number of esters is 1. The van der Waals surface area contributed by atoms with Crippen molar-refractivity contribution in [3.05, 3.63) is 36.5 Å². The first kappa shape index (κ1) is 44.2. The van der Waals surface area contributed by atoms with Gasteiger partial charge < -0.3 is 20.1 Å². The molecule has 268 valence electrons. The molecule has 0 aliphatic heterocycles. The molecule has 0 rings (SSSR count). The van der Waals surface area contributed by atoms with Crippen molar-refractivity contribution in [2.75, 3.05) is 26.4 Å². The van der Waals surface area contributed by atoms with E-state index in [2.05, 4.69) is 55.6 Å². The Morgan fingerprint density at radius 3 is 1.80 bits per heavy atom.